The third-order valence-corrected chi connectivity index (χ3v) is 6.60. The Labute approximate surface area is 174 Å². The maximum Gasteiger partial charge on any atom is 0.241 e. The van der Waals surface area contributed by atoms with Crippen molar-refractivity contribution in [3.8, 4) is 0 Å². The Morgan fingerprint density at radius 2 is 2.03 bits per heavy atom. The Kier molecular flexibility index (Phi) is 5.23. The van der Waals surface area contributed by atoms with Crippen LogP contribution < -0.4 is 10.5 Å². The van der Waals surface area contributed by atoms with Crippen LogP contribution in [0.2, 0.25) is 0 Å². The molecule has 4 rings (SSSR count). The standard InChI is InChI=1S/C21H21N5O3S/c22-20(23)16-3-1-2-14(10-16)13-26-9-7-19(21(26)27)25-30(28,29)18-5-4-17-12-24-8-6-15(17)11-18/h1-6,8,10-12,19,25H,7,9,13H2,(H3,22,23)/t19-/m0/s1. The lowest BCUT2D eigenvalue weighted by atomic mass is 10.1. The van der Waals surface area contributed by atoms with Crippen molar-refractivity contribution in [3.63, 3.8) is 0 Å². The van der Waals surface area contributed by atoms with Gasteiger partial charge in [-0.2, -0.15) is 4.72 Å². The maximum absolute atomic E-state index is 12.8. The highest BCUT2D eigenvalue weighted by Crippen LogP contribution is 2.21. The summed E-state index contributed by atoms with van der Waals surface area (Å²) in [5, 5.41) is 9.14. The number of aromatic nitrogens is 1. The Morgan fingerprint density at radius 3 is 2.83 bits per heavy atom. The van der Waals surface area contributed by atoms with Crippen LogP contribution in [0, 0.1) is 5.41 Å². The van der Waals surface area contributed by atoms with Crippen LogP contribution in [-0.4, -0.2) is 42.6 Å². The highest BCUT2D eigenvalue weighted by atomic mass is 32.2. The summed E-state index contributed by atoms with van der Waals surface area (Å²) in [7, 11) is -3.84. The van der Waals surface area contributed by atoms with E-state index >= 15 is 0 Å². The number of nitrogens with zero attached hydrogens (tertiary/aromatic N) is 2. The minimum absolute atomic E-state index is 0.0404. The van der Waals surface area contributed by atoms with Gasteiger partial charge in [-0.15, -0.1) is 0 Å². The molecule has 0 saturated carbocycles. The van der Waals surface area contributed by atoms with Gasteiger partial charge in [0.2, 0.25) is 15.9 Å². The molecule has 3 aromatic rings. The van der Waals surface area contributed by atoms with E-state index in [0.717, 1.165) is 16.3 Å². The van der Waals surface area contributed by atoms with Gasteiger partial charge in [0.25, 0.3) is 0 Å². The molecular formula is C21H21N5O3S. The van der Waals surface area contributed by atoms with Gasteiger partial charge in [0, 0.05) is 36.4 Å². The van der Waals surface area contributed by atoms with Crippen molar-refractivity contribution in [2.24, 2.45) is 5.73 Å². The quantitative estimate of drug-likeness (QED) is 0.410. The molecule has 1 fully saturated rings. The van der Waals surface area contributed by atoms with E-state index in [1.807, 2.05) is 6.07 Å². The molecule has 30 heavy (non-hydrogen) atoms. The maximum atomic E-state index is 12.8. The number of nitrogens with one attached hydrogen (secondary N) is 2. The molecule has 1 atom stereocenters. The molecule has 1 saturated heterocycles. The number of sulfonamides is 1. The summed E-state index contributed by atoms with van der Waals surface area (Å²) in [4.78, 5) is 18.5. The van der Waals surface area contributed by atoms with Crippen LogP contribution in [0.5, 0.6) is 0 Å². The smallest absolute Gasteiger partial charge is 0.241 e. The van der Waals surface area contributed by atoms with Crippen LogP contribution in [0.25, 0.3) is 10.8 Å². The van der Waals surface area contributed by atoms with Gasteiger partial charge >= 0.3 is 0 Å². The molecule has 1 aliphatic heterocycles. The fourth-order valence-corrected chi connectivity index (χ4v) is 4.81. The topological polar surface area (TPSA) is 129 Å². The summed E-state index contributed by atoms with van der Waals surface area (Å²) >= 11 is 0. The first-order valence-corrected chi connectivity index (χ1v) is 10.9. The fourth-order valence-electron chi connectivity index (χ4n) is 3.55. The zero-order valence-electron chi connectivity index (χ0n) is 16.1. The lowest BCUT2D eigenvalue weighted by molar-refractivity contribution is -0.129. The highest BCUT2D eigenvalue weighted by molar-refractivity contribution is 7.89. The van der Waals surface area contributed by atoms with Crippen LogP contribution in [-0.2, 0) is 21.4 Å². The molecule has 0 bridgehead atoms. The molecular weight excluding hydrogens is 402 g/mol. The Hall–Kier alpha value is -3.30. The average Bonchev–Trinajstić information content (AvgIpc) is 3.06. The minimum Gasteiger partial charge on any atom is -0.384 e. The molecule has 1 aromatic heterocycles. The molecule has 9 heteroatoms. The monoisotopic (exact) mass is 423 g/mol. The summed E-state index contributed by atoms with van der Waals surface area (Å²) in [6.45, 7) is 0.779. The van der Waals surface area contributed by atoms with Gasteiger partial charge in [-0.3, -0.25) is 15.2 Å². The Morgan fingerprint density at radius 1 is 1.20 bits per heavy atom. The van der Waals surface area contributed by atoms with Crippen molar-refractivity contribution in [3.05, 3.63) is 72.1 Å². The Balaban J connectivity index is 1.48. The molecule has 0 spiro atoms. The summed E-state index contributed by atoms with van der Waals surface area (Å²) in [6, 6.07) is 12.8. The number of carbonyl (C=O) groups excluding carboxylic acids is 1. The second-order valence-electron chi connectivity index (χ2n) is 7.22. The van der Waals surface area contributed by atoms with Crippen LogP contribution >= 0.6 is 0 Å². The normalized spacial score (nSPS) is 16.9. The molecule has 0 radical (unpaired) electrons. The lowest BCUT2D eigenvalue weighted by Crippen LogP contribution is -2.41. The average molecular weight is 423 g/mol. The van der Waals surface area contributed by atoms with E-state index in [9.17, 15) is 13.2 Å². The number of nitrogen functional groups attached to an aromatic ring is 1. The number of amides is 1. The molecule has 1 aliphatic rings. The van der Waals surface area contributed by atoms with Gasteiger partial charge in [-0.25, -0.2) is 8.42 Å². The second-order valence-corrected chi connectivity index (χ2v) is 8.94. The summed E-state index contributed by atoms with van der Waals surface area (Å²) in [6.07, 6.45) is 3.66. The summed E-state index contributed by atoms with van der Waals surface area (Å²) in [5.74, 6) is -0.307. The number of amidine groups is 1. The predicted molar refractivity (Wildman–Crippen MR) is 113 cm³/mol. The number of nitrogens with two attached hydrogens (primary N) is 1. The van der Waals surface area contributed by atoms with E-state index in [1.54, 1.807) is 53.7 Å². The van der Waals surface area contributed by atoms with Crippen molar-refractivity contribution in [1.82, 2.24) is 14.6 Å². The number of fused-ring (bicyclic) bond motifs is 1. The molecule has 4 N–H and O–H groups in total. The zero-order valence-corrected chi connectivity index (χ0v) is 16.9. The predicted octanol–water partition coefficient (Wildman–Crippen LogP) is 1.60. The van der Waals surface area contributed by atoms with Crippen LogP contribution in [0.1, 0.15) is 17.5 Å². The van der Waals surface area contributed by atoms with E-state index in [1.165, 1.54) is 6.07 Å². The summed E-state index contributed by atoms with van der Waals surface area (Å²) in [5.41, 5.74) is 6.94. The van der Waals surface area contributed by atoms with Crippen molar-refractivity contribution in [2.45, 2.75) is 23.9 Å². The van der Waals surface area contributed by atoms with Gasteiger partial charge in [-0.1, -0.05) is 24.3 Å². The van der Waals surface area contributed by atoms with Crippen LogP contribution in [0.4, 0.5) is 0 Å². The molecule has 154 valence electrons. The first-order chi connectivity index (χ1) is 14.3. The van der Waals surface area contributed by atoms with Crippen molar-refractivity contribution < 1.29 is 13.2 Å². The fraction of sp³-hybridized carbons (Fsp3) is 0.190. The zero-order chi connectivity index (χ0) is 21.3. The number of hydrogen-bond acceptors (Lipinski definition) is 5. The molecule has 1 amide bonds. The number of benzene rings is 2. The highest BCUT2D eigenvalue weighted by Gasteiger charge is 2.35. The number of rotatable bonds is 6. The van der Waals surface area contributed by atoms with E-state index in [4.69, 9.17) is 11.1 Å². The van der Waals surface area contributed by atoms with Gasteiger partial charge in [0.1, 0.15) is 11.9 Å². The van der Waals surface area contributed by atoms with Gasteiger partial charge in [0.15, 0.2) is 0 Å². The summed E-state index contributed by atoms with van der Waals surface area (Å²) < 4.78 is 28.2. The van der Waals surface area contributed by atoms with E-state index in [-0.39, 0.29) is 16.6 Å². The van der Waals surface area contributed by atoms with Crippen molar-refractivity contribution in [2.75, 3.05) is 6.54 Å². The SMILES string of the molecule is N=C(N)c1cccc(CN2CC[C@H](NS(=O)(=O)c3ccc4cnccc4c3)C2=O)c1. The lowest BCUT2D eigenvalue weighted by Gasteiger charge is -2.18. The minimum atomic E-state index is -3.84. The third kappa shape index (κ3) is 4.03. The van der Waals surface area contributed by atoms with Gasteiger partial charge in [0.05, 0.1) is 4.90 Å². The van der Waals surface area contributed by atoms with E-state index < -0.39 is 16.1 Å². The Bertz CT molecular complexity index is 1240. The van der Waals surface area contributed by atoms with Crippen molar-refractivity contribution in [1.29, 1.82) is 5.41 Å². The van der Waals surface area contributed by atoms with Gasteiger partial charge in [-0.05, 0) is 41.6 Å². The molecule has 0 unspecified atom stereocenters. The molecule has 2 heterocycles. The van der Waals surface area contributed by atoms with Gasteiger partial charge < -0.3 is 10.6 Å². The number of carbonyl (C=O) groups is 1. The van der Waals surface area contributed by atoms with E-state index in [2.05, 4.69) is 9.71 Å². The number of pyridine rings is 1. The number of hydrogen-bond donors (Lipinski definition) is 3. The molecule has 0 aliphatic carbocycles. The second kappa shape index (κ2) is 7.85. The largest absolute Gasteiger partial charge is 0.384 e. The first-order valence-electron chi connectivity index (χ1n) is 9.42. The van der Waals surface area contributed by atoms with Crippen molar-refractivity contribution >= 4 is 32.5 Å². The van der Waals surface area contributed by atoms with Crippen LogP contribution in [0.15, 0.2) is 65.8 Å². The third-order valence-electron chi connectivity index (χ3n) is 5.13. The van der Waals surface area contributed by atoms with E-state index in [0.29, 0.717) is 25.1 Å². The molecule has 8 nitrogen and oxygen atoms in total. The van der Waals surface area contributed by atoms with Crippen LogP contribution in [0.3, 0.4) is 0 Å². The number of likely N-dealkylation sites (tertiary alicyclic amines) is 1. The molecule has 2 aromatic carbocycles. The first kappa shape index (κ1) is 20.0.